The van der Waals surface area contributed by atoms with E-state index in [1.165, 1.54) is 24.8 Å². The molecule has 13 heteroatoms. The van der Waals surface area contributed by atoms with Crippen LogP contribution in [0.2, 0.25) is 0 Å². The third-order valence-electron chi connectivity index (χ3n) is 7.45. The molecule has 1 aliphatic carbocycles. The summed E-state index contributed by atoms with van der Waals surface area (Å²) in [5.74, 6) is 0.250. The Bertz CT molecular complexity index is 1530. The first-order chi connectivity index (χ1) is 19.8. The number of hydrogen-bond acceptors (Lipinski definition) is 10. The maximum Gasteiger partial charge on any atom is 0.261 e. The number of rotatable bonds is 10. The fraction of sp³-hybridized carbons (Fsp3) is 0.429. The second-order valence-corrected chi connectivity index (χ2v) is 11.4. The Kier molecular flexibility index (Phi) is 7.32. The van der Waals surface area contributed by atoms with Gasteiger partial charge in [-0.15, -0.1) is 0 Å². The van der Waals surface area contributed by atoms with Crippen molar-refractivity contribution in [2.45, 2.75) is 41.9 Å². The Hall–Kier alpha value is -3.71. The minimum absolute atomic E-state index is 0.222. The van der Waals surface area contributed by atoms with E-state index in [9.17, 15) is 8.78 Å². The Morgan fingerprint density at radius 2 is 1.76 bits per heavy atom. The minimum Gasteiger partial charge on any atom is -0.495 e. The molecule has 2 aliphatic rings. The van der Waals surface area contributed by atoms with Gasteiger partial charge in [-0.1, -0.05) is 5.16 Å². The van der Waals surface area contributed by atoms with Crippen LogP contribution in [0.15, 0.2) is 39.8 Å². The number of aromatic nitrogens is 3. The smallest absolute Gasteiger partial charge is 0.261 e. The van der Waals surface area contributed by atoms with Gasteiger partial charge in [0.05, 0.1) is 38.9 Å². The number of halogens is 2. The highest BCUT2D eigenvalue weighted by Crippen LogP contribution is 2.45. The molecule has 0 radical (unpaired) electrons. The first-order valence-corrected chi connectivity index (χ1v) is 14.1. The van der Waals surface area contributed by atoms with Crippen molar-refractivity contribution in [2.75, 3.05) is 51.5 Å². The average molecular weight is 587 g/mol. The van der Waals surface area contributed by atoms with Gasteiger partial charge in [-0.3, -0.25) is 10.00 Å². The van der Waals surface area contributed by atoms with E-state index < -0.39 is 5.92 Å². The third-order valence-corrected chi connectivity index (χ3v) is 8.35. The number of hydrogen-bond donors (Lipinski definition) is 3. The first-order valence-electron chi connectivity index (χ1n) is 13.3. The van der Waals surface area contributed by atoms with Gasteiger partial charge in [-0.2, -0.15) is 5.10 Å². The quantitative estimate of drug-likeness (QED) is 0.181. The summed E-state index contributed by atoms with van der Waals surface area (Å²) in [6, 6.07) is 9.27. The van der Waals surface area contributed by atoms with Gasteiger partial charge in [0.25, 0.3) is 5.92 Å². The fourth-order valence-electron chi connectivity index (χ4n) is 5.33. The van der Waals surface area contributed by atoms with E-state index in [2.05, 4.69) is 25.4 Å². The number of ether oxygens (including phenoxy) is 3. The molecule has 3 heterocycles. The number of likely N-dealkylation sites (tertiary alicyclic amines) is 1. The monoisotopic (exact) mass is 586 g/mol. The number of nitrogens with zero attached hydrogens (tertiary/aromatic N) is 3. The number of methoxy groups -OCH3 is 3. The van der Waals surface area contributed by atoms with E-state index in [4.69, 9.17) is 18.7 Å². The molecule has 1 saturated carbocycles. The van der Waals surface area contributed by atoms with Gasteiger partial charge in [0, 0.05) is 42.6 Å². The van der Waals surface area contributed by atoms with Gasteiger partial charge in [-0.05, 0) is 55.6 Å². The van der Waals surface area contributed by atoms with Gasteiger partial charge in [-0.25, -0.2) is 8.78 Å². The van der Waals surface area contributed by atoms with Crippen molar-refractivity contribution >= 4 is 40.2 Å². The molecule has 10 nitrogen and oxygen atoms in total. The number of piperidine rings is 1. The topological polar surface area (TPSA) is 110 Å². The molecule has 1 saturated heterocycles. The van der Waals surface area contributed by atoms with Crippen LogP contribution in [0, 0.1) is 0 Å². The van der Waals surface area contributed by atoms with Crippen molar-refractivity contribution in [3.63, 3.8) is 0 Å². The Morgan fingerprint density at radius 3 is 2.41 bits per heavy atom. The molecule has 2 fully saturated rings. The van der Waals surface area contributed by atoms with Crippen LogP contribution in [0.4, 0.5) is 26.1 Å². The normalized spacial score (nSPS) is 18.8. The molecule has 2 aromatic heterocycles. The molecule has 1 atom stereocenters. The number of alkyl halides is 2. The number of nitrogens with one attached hydrogen (secondary N) is 3. The van der Waals surface area contributed by atoms with E-state index in [0.717, 1.165) is 11.3 Å². The maximum absolute atomic E-state index is 14.3. The molecule has 3 N–H and O–H groups in total. The van der Waals surface area contributed by atoms with Crippen LogP contribution >= 0.6 is 11.9 Å². The van der Waals surface area contributed by atoms with E-state index in [1.54, 1.807) is 45.4 Å². The van der Waals surface area contributed by atoms with Crippen LogP contribution in [-0.2, 0) is 0 Å². The molecule has 4 aromatic rings. The molecule has 2 aromatic carbocycles. The lowest BCUT2D eigenvalue weighted by Crippen LogP contribution is -2.44. The second-order valence-electron chi connectivity index (χ2n) is 10.6. The summed E-state index contributed by atoms with van der Waals surface area (Å²) in [5, 5.41) is 15.7. The molecule has 6 rings (SSSR count). The number of H-pyrrole nitrogens is 1. The van der Waals surface area contributed by atoms with Crippen LogP contribution in [0.1, 0.15) is 42.4 Å². The van der Waals surface area contributed by atoms with Crippen molar-refractivity contribution in [1.29, 1.82) is 0 Å². The van der Waals surface area contributed by atoms with Crippen molar-refractivity contribution in [2.24, 2.45) is 0 Å². The molecule has 41 heavy (non-hydrogen) atoms. The Balaban J connectivity index is 1.23. The van der Waals surface area contributed by atoms with Gasteiger partial charge in [0.15, 0.2) is 17.2 Å². The standard InChI is InChI=1S/C28H32F2N6O4S/c1-36-13-17(12-28(29,30)14-36)16-7-23(38-3)26(24(8-16)39-4)41-35-27-18-9-22(37-2)20(10-21(18)40-34-27)31-25-11-19(32-33-25)15-5-6-15/h7-11,15,17H,5-6,12-14H2,1-4H3,(H,34,35)(H2,31,32,33). The average Bonchev–Trinajstić information content (AvgIpc) is 3.57. The maximum atomic E-state index is 14.3. The number of benzene rings is 2. The summed E-state index contributed by atoms with van der Waals surface area (Å²) in [6.45, 7) is 0.284. The van der Waals surface area contributed by atoms with Crippen LogP contribution in [0.5, 0.6) is 17.2 Å². The Morgan fingerprint density at radius 1 is 1.02 bits per heavy atom. The highest BCUT2D eigenvalue weighted by molar-refractivity contribution is 8.00. The zero-order valence-corrected chi connectivity index (χ0v) is 24.0. The van der Waals surface area contributed by atoms with Crippen molar-refractivity contribution in [3.05, 3.63) is 41.6 Å². The molecule has 218 valence electrons. The van der Waals surface area contributed by atoms with E-state index >= 15 is 0 Å². The number of aromatic amines is 1. The summed E-state index contributed by atoms with van der Waals surface area (Å²) in [4.78, 5) is 2.31. The van der Waals surface area contributed by atoms with Crippen LogP contribution in [0.3, 0.4) is 0 Å². The number of fused-ring (bicyclic) bond motifs is 1. The van der Waals surface area contributed by atoms with E-state index in [1.807, 2.05) is 18.2 Å². The van der Waals surface area contributed by atoms with E-state index in [-0.39, 0.29) is 18.9 Å². The molecule has 0 amide bonds. The summed E-state index contributed by atoms with van der Waals surface area (Å²) in [7, 11) is 6.39. The zero-order chi connectivity index (χ0) is 28.7. The summed E-state index contributed by atoms with van der Waals surface area (Å²) in [6.07, 6.45) is 2.14. The number of anilines is 3. The summed E-state index contributed by atoms with van der Waals surface area (Å²) in [5.41, 5.74) is 3.11. The van der Waals surface area contributed by atoms with Crippen LogP contribution in [-0.4, -0.2) is 67.6 Å². The lowest BCUT2D eigenvalue weighted by Gasteiger charge is -2.36. The molecule has 1 unspecified atom stereocenters. The largest absolute Gasteiger partial charge is 0.495 e. The summed E-state index contributed by atoms with van der Waals surface area (Å²) < 4.78 is 54.4. The second kappa shape index (κ2) is 10.9. The van der Waals surface area contributed by atoms with Crippen LogP contribution in [0.25, 0.3) is 11.0 Å². The van der Waals surface area contributed by atoms with Gasteiger partial charge < -0.3 is 28.8 Å². The van der Waals surface area contributed by atoms with Crippen molar-refractivity contribution < 1.29 is 27.5 Å². The molecular weight excluding hydrogens is 554 g/mol. The number of likely N-dealkylation sites (N-methyl/N-ethyl adjacent to an activating group) is 1. The van der Waals surface area contributed by atoms with Gasteiger partial charge in [0.1, 0.15) is 22.1 Å². The highest BCUT2D eigenvalue weighted by atomic mass is 32.2. The fourth-order valence-corrected chi connectivity index (χ4v) is 6.16. The van der Waals surface area contributed by atoms with Crippen molar-refractivity contribution in [1.82, 2.24) is 20.3 Å². The van der Waals surface area contributed by atoms with Gasteiger partial charge in [0.2, 0.25) is 0 Å². The van der Waals surface area contributed by atoms with Crippen LogP contribution < -0.4 is 24.2 Å². The Labute approximate surface area is 240 Å². The van der Waals surface area contributed by atoms with E-state index in [0.29, 0.717) is 62.9 Å². The predicted molar refractivity (Wildman–Crippen MR) is 153 cm³/mol. The molecule has 1 aliphatic heterocycles. The molecule has 0 bridgehead atoms. The third kappa shape index (κ3) is 5.73. The lowest BCUT2D eigenvalue weighted by molar-refractivity contribution is -0.0650. The molecule has 0 spiro atoms. The zero-order valence-electron chi connectivity index (χ0n) is 23.2. The lowest BCUT2D eigenvalue weighted by atomic mass is 9.88. The predicted octanol–water partition coefficient (Wildman–Crippen LogP) is 6.37. The summed E-state index contributed by atoms with van der Waals surface area (Å²) >= 11 is 1.23. The highest BCUT2D eigenvalue weighted by Gasteiger charge is 2.40. The first kappa shape index (κ1) is 27.5. The van der Waals surface area contributed by atoms with Gasteiger partial charge >= 0.3 is 0 Å². The SMILES string of the molecule is COc1cc2c(NSc3c(OC)cc(C4CN(C)CC(F)(F)C4)cc3OC)noc2cc1Nc1cc(C2CC2)[nH]n1. The minimum atomic E-state index is -2.75. The molecular formula is C28H32F2N6O4S. The van der Waals surface area contributed by atoms with Crippen molar-refractivity contribution in [3.8, 4) is 17.2 Å².